The van der Waals surface area contributed by atoms with Crippen molar-refractivity contribution in [2.24, 2.45) is 5.92 Å². The molecule has 182 valence electrons. The van der Waals surface area contributed by atoms with Crippen molar-refractivity contribution in [1.82, 2.24) is 4.90 Å². The lowest BCUT2D eigenvalue weighted by atomic mass is 9.96. The van der Waals surface area contributed by atoms with E-state index in [1.54, 1.807) is 6.92 Å². The molecular formula is C23H41NO6Si2. The quantitative estimate of drug-likeness (QED) is 0.210. The zero-order valence-electron chi connectivity index (χ0n) is 21.2. The predicted molar refractivity (Wildman–Crippen MR) is 131 cm³/mol. The maximum atomic E-state index is 13.2. The number of carbonyl (C=O) groups excluding carboxylic acids is 3. The minimum atomic E-state index is -2.33. The first-order valence-electron chi connectivity index (χ1n) is 11.3. The van der Waals surface area contributed by atoms with Crippen molar-refractivity contribution in [2.75, 3.05) is 13.2 Å². The minimum Gasteiger partial charge on any atom is -0.464 e. The number of nitrogens with zero attached hydrogens (tertiary/aromatic N) is 1. The first kappa shape index (κ1) is 28.4. The van der Waals surface area contributed by atoms with Crippen LogP contribution in [-0.2, 0) is 23.5 Å². The summed E-state index contributed by atoms with van der Waals surface area (Å²) in [5.74, 6) is 1.44. The number of rotatable bonds is 9. The van der Waals surface area contributed by atoms with Gasteiger partial charge in [-0.1, -0.05) is 46.3 Å². The Morgan fingerprint density at radius 3 is 2.22 bits per heavy atom. The highest BCUT2D eigenvalue weighted by atomic mass is 28.4. The third kappa shape index (κ3) is 7.19. The molecule has 1 unspecified atom stereocenters. The van der Waals surface area contributed by atoms with E-state index in [1.807, 2.05) is 0 Å². The summed E-state index contributed by atoms with van der Waals surface area (Å²) in [7, 11) is -3.75. The zero-order valence-corrected chi connectivity index (χ0v) is 23.2. The molecule has 32 heavy (non-hydrogen) atoms. The third-order valence-corrected chi connectivity index (χ3v) is 12.5. The van der Waals surface area contributed by atoms with Gasteiger partial charge in [0.2, 0.25) is 0 Å². The van der Waals surface area contributed by atoms with Crippen molar-refractivity contribution in [2.45, 2.75) is 96.1 Å². The molecule has 1 saturated heterocycles. The van der Waals surface area contributed by atoms with Gasteiger partial charge in [0.05, 0.1) is 19.3 Å². The lowest BCUT2D eigenvalue weighted by Crippen LogP contribution is -2.55. The molecule has 0 aromatic rings. The van der Waals surface area contributed by atoms with Gasteiger partial charge < -0.3 is 18.7 Å². The fraction of sp³-hybridized carbons (Fsp3) is 0.783. The highest BCUT2D eigenvalue weighted by molar-refractivity contribution is 6.76. The van der Waals surface area contributed by atoms with Crippen LogP contribution in [0.25, 0.3) is 0 Å². The second-order valence-corrected chi connectivity index (χ2v) is 21.5. The smallest absolute Gasteiger partial charge is 0.410 e. The number of esters is 1. The summed E-state index contributed by atoms with van der Waals surface area (Å²) in [5.41, 5.74) is 0. The molecule has 1 heterocycles. The lowest BCUT2D eigenvalue weighted by Gasteiger charge is -2.41. The number of ether oxygens (including phenoxy) is 2. The maximum absolute atomic E-state index is 13.2. The van der Waals surface area contributed by atoms with Gasteiger partial charge in [0.15, 0.2) is 8.32 Å². The molecule has 0 aromatic heterocycles. The normalized spacial score (nSPS) is 22.8. The fourth-order valence-corrected chi connectivity index (χ4v) is 5.25. The van der Waals surface area contributed by atoms with Gasteiger partial charge in [-0.05, 0) is 37.5 Å². The number of carbonyl (C=O) groups is 3. The van der Waals surface area contributed by atoms with Crippen molar-refractivity contribution < 1.29 is 28.3 Å². The molecule has 0 spiro atoms. The van der Waals surface area contributed by atoms with Crippen LogP contribution in [0, 0.1) is 18.3 Å². The Hall–Kier alpha value is -1.64. The highest BCUT2D eigenvalue weighted by Crippen LogP contribution is 2.40. The highest BCUT2D eigenvalue weighted by Gasteiger charge is 2.53. The van der Waals surface area contributed by atoms with E-state index in [-0.39, 0.29) is 24.7 Å². The number of terminal acetylenes is 1. The molecule has 7 nitrogen and oxygen atoms in total. The van der Waals surface area contributed by atoms with Crippen molar-refractivity contribution in [3.8, 4) is 12.3 Å². The van der Waals surface area contributed by atoms with E-state index in [4.69, 9.17) is 20.3 Å². The second-order valence-electron chi connectivity index (χ2n) is 11.1. The summed E-state index contributed by atoms with van der Waals surface area (Å²) in [5, 5.41) is -0.124. The molecule has 0 aliphatic carbocycles. The number of hydrogen-bond acceptors (Lipinski definition) is 6. The Labute approximate surface area is 195 Å². The van der Waals surface area contributed by atoms with Crippen LogP contribution in [0.4, 0.5) is 4.79 Å². The van der Waals surface area contributed by atoms with Gasteiger partial charge in [-0.3, -0.25) is 4.90 Å². The summed E-state index contributed by atoms with van der Waals surface area (Å²) in [6, 6.07) is -0.939. The number of likely N-dealkylation sites (tertiary alicyclic amines) is 1. The minimum absolute atomic E-state index is 0.124. The number of hydrogen-bond donors (Lipinski definition) is 0. The van der Waals surface area contributed by atoms with Crippen LogP contribution < -0.4 is 0 Å². The van der Waals surface area contributed by atoms with Crippen LogP contribution in [0.2, 0.25) is 43.8 Å². The number of amides is 1. The largest absolute Gasteiger partial charge is 0.464 e. The van der Waals surface area contributed by atoms with E-state index in [1.165, 1.54) is 4.90 Å². The van der Waals surface area contributed by atoms with E-state index < -0.39 is 52.6 Å². The Balaban J connectivity index is 3.31. The summed E-state index contributed by atoms with van der Waals surface area (Å²) in [6.07, 6.45) is 5.26. The summed E-state index contributed by atoms with van der Waals surface area (Å²) >= 11 is 0. The third-order valence-electron chi connectivity index (χ3n) is 6.32. The van der Waals surface area contributed by atoms with Crippen LogP contribution >= 0.6 is 0 Å². The molecule has 1 aliphatic heterocycles. The summed E-state index contributed by atoms with van der Waals surface area (Å²) in [4.78, 5) is 39.2. The molecule has 0 aromatic carbocycles. The monoisotopic (exact) mass is 483 g/mol. The Morgan fingerprint density at radius 1 is 1.19 bits per heavy atom. The molecule has 1 aliphatic rings. The molecular weight excluding hydrogens is 442 g/mol. The molecule has 4 atom stereocenters. The zero-order chi connectivity index (χ0) is 24.9. The first-order chi connectivity index (χ1) is 14.6. The fourth-order valence-electron chi connectivity index (χ4n) is 3.34. The van der Waals surface area contributed by atoms with Crippen LogP contribution in [0.5, 0.6) is 0 Å². The average Bonchev–Trinajstić information content (AvgIpc) is 3.04. The Bertz CT molecular complexity index is 719. The van der Waals surface area contributed by atoms with Gasteiger partial charge in [0.25, 0.3) is 0 Å². The van der Waals surface area contributed by atoms with Gasteiger partial charge in [0, 0.05) is 14.0 Å². The maximum Gasteiger partial charge on any atom is 0.410 e. The van der Waals surface area contributed by atoms with Gasteiger partial charge in [-0.2, -0.15) is 0 Å². The predicted octanol–water partition coefficient (Wildman–Crippen LogP) is 4.31. The van der Waals surface area contributed by atoms with Crippen molar-refractivity contribution in [3.05, 3.63) is 0 Å². The summed E-state index contributed by atoms with van der Waals surface area (Å²) < 4.78 is 17.2. The number of aldehydes is 1. The van der Waals surface area contributed by atoms with Crippen LogP contribution in [0.1, 0.15) is 34.1 Å². The van der Waals surface area contributed by atoms with Crippen LogP contribution in [0.3, 0.4) is 0 Å². The van der Waals surface area contributed by atoms with E-state index in [9.17, 15) is 14.4 Å². The SMILES string of the molecule is C#CC(O[Si](C)(C)C(C)(C)C)[C@@H]1[C@H](C=O)C[C@H](C(=O)OCC)N1C(=O)OCC[Si](C)(C)C. The Morgan fingerprint density at radius 2 is 1.78 bits per heavy atom. The molecule has 1 fully saturated rings. The van der Waals surface area contributed by atoms with E-state index in [0.29, 0.717) is 0 Å². The average molecular weight is 484 g/mol. The second kappa shape index (κ2) is 11.0. The Kier molecular flexibility index (Phi) is 9.75. The molecule has 0 N–H and O–H groups in total. The van der Waals surface area contributed by atoms with E-state index >= 15 is 0 Å². The van der Waals surface area contributed by atoms with Gasteiger partial charge in [0.1, 0.15) is 18.4 Å². The molecule has 9 heteroatoms. The van der Waals surface area contributed by atoms with Crippen LogP contribution in [-0.4, -0.2) is 71.0 Å². The van der Waals surface area contributed by atoms with Crippen molar-refractivity contribution in [1.29, 1.82) is 0 Å². The molecule has 0 bridgehead atoms. The molecule has 1 rings (SSSR count). The van der Waals surface area contributed by atoms with Crippen molar-refractivity contribution >= 4 is 34.7 Å². The molecule has 1 amide bonds. The van der Waals surface area contributed by atoms with E-state index in [0.717, 1.165) is 12.3 Å². The van der Waals surface area contributed by atoms with Crippen molar-refractivity contribution in [3.63, 3.8) is 0 Å². The first-order valence-corrected chi connectivity index (χ1v) is 17.9. The summed E-state index contributed by atoms with van der Waals surface area (Å²) in [6.45, 7) is 19.0. The standard InChI is InChI=1S/C23H41NO6Si2/c1-11-19(30-32(9,10)23(3,4)5)20-17(16-25)15-18(21(26)28-12-2)24(20)22(27)29-13-14-31(6,7)8/h1,16-20H,12-15H2,2-10H3/t17-,18+,19?,20-/m0/s1. The topological polar surface area (TPSA) is 82.1 Å². The van der Waals surface area contributed by atoms with Gasteiger partial charge in [-0.15, -0.1) is 6.42 Å². The molecule has 0 radical (unpaired) electrons. The lowest BCUT2D eigenvalue weighted by molar-refractivity contribution is -0.148. The van der Waals surface area contributed by atoms with E-state index in [2.05, 4.69) is 59.4 Å². The molecule has 0 saturated carbocycles. The van der Waals surface area contributed by atoms with Gasteiger partial charge >= 0.3 is 12.1 Å². The van der Waals surface area contributed by atoms with Gasteiger partial charge in [-0.25, -0.2) is 9.59 Å². The van der Waals surface area contributed by atoms with Crippen LogP contribution in [0.15, 0.2) is 0 Å².